The number of rotatable bonds is 4. The second kappa shape index (κ2) is 6.60. The molecule has 142 valence electrons. The lowest BCUT2D eigenvalue weighted by Crippen LogP contribution is -2.29. The summed E-state index contributed by atoms with van der Waals surface area (Å²) < 4.78 is 6.31. The molecule has 0 radical (unpaired) electrons. The molecule has 0 unspecified atom stereocenters. The van der Waals surface area contributed by atoms with Gasteiger partial charge in [0.05, 0.1) is 24.7 Å². The quantitative estimate of drug-likeness (QED) is 0.576. The molecule has 1 aliphatic carbocycles. The highest BCUT2D eigenvalue weighted by Gasteiger charge is 2.19. The molecule has 0 saturated carbocycles. The van der Waals surface area contributed by atoms with E-state index in [1.54, 1.807) is 18.2 Å². The zero-order valence-electron chi connectivity index (χ0n) is 15.4. The molecule has 0 atom stereocenters. The zero-order valence-corrected chi connectivity index (χ0v) is 16.3. The molecule has 1 aliphatic rings. The lowest BCUT2D eigenvalue weighted by atomic mass is 10.0. The number of hydrogen-bond donors (Lipinski definition) is 1. The highest BCUT2D eigenvalue weighted by molar-refractivity contribution is 7.17. The molecule has 6 nitrogen and oxygen atoms in total. The van der Waals surface area contributed by atoms with Crippen molar-refractivity contribution in [3.63, 3.8) is 0 Å². The van der Waals surface area contributed by atoms with Gasteiger partial charge in [0.25, 0.3) is 5.56 Å². The normalized spacial score (nSPS) is 13.3. The van der Waals surface area contributed by atoms with Gasteiger partial charge >= 0.3 is 0 Å². The van der Waals surface area contributed by atoms with Crippen LogP contribution in [0.3, 0.4) is 0 Å². The van der Waals surface area contributed by atoms with Crippen molar-refractivity contribution >= 4 is 38.4 Å². The Morgan fingerprint density at radius 3 is 3.00 bits per heavy atom. The van der Waals surface area contributed by atoms with Gasteiger partial charge in [-0.3, -0.25) is 9.59 Å². The molecule has 0 aliphatic heterocycles. The Hall–Kier alpha value is -2.93. The van der Waals surface area contributed by atoms with Gasteiger partial charge in [-0.25, -0.2) is 4.98 Å². The van der Waals surface area contributed by atoms with E-state index in [2.05, 4.69) is 22.1 Å². The van der Waals surface area contributed by atoms with Crippen LogP contribution in [-0.2, 0) is 30.6 Å². The maximum atomic E-state index is 12.8. The van der Waals surface area contributed by atoms with E-state index < -0.39 is 0 Å². The molecule has 0 fully saturated rings. The van der Waals surface area contributed by atoms with Crippen molar-refractivity contribution in [2.45, 2.75) is 32.2 Å². The third-order valence-corrected chi connectivity index (χ3v) is 6.29. The summed E-state index contributed by atoms with van der Waals surface area (Å²) >= 11 is 1.36. The third kappa shape index (κ3) is 2.92. The maximum Gasteiger partial charge on any atom is 0.268 e. The summed E-state index contributed by atoms with van der Waals surface area (Å²) in [6.07, 6.45) is 5.31. The molecule has 1 aromatic carbocycles. The SMILES string of the molecule is CN(Cc1nc2ccsc2c(=O)[nH]1)C(=O)Cc1coc2cc3c(cc12)CCC3. The summed E-state index contributed by atoms with van der Waals surface area (Å²) in [6.45, 7) is 0.255. The van der Waals surface area contributed by atoms with Gasteiger partial charge in [-0.2, -0.15) is 0 Å². The number of amides is 1. The molecule has 1 amide bonds. The molecule has 3 aromatic heterocycles. The molecule has 4 aromatic rings. The number of carbonyl (C=O) groups excluding carboxylic acids is 1. The molecule has 0 spiro atoms. The molecule has 0 bridgehead atoms. The van der Waals surface area contributed by atoms with Crippen LogP contribution in [0, 0.1) is 0 Å². The van der Waals surface area contributed by atoms with Gasteiger partial charge in [0, 0.05) is 18.0 Å². The standard InChI is InChI=1S/C21H19N3O3S/c1-24(10-18-22-16-5-6-28-20(16)21(26)23-18)19(25)9-14-11-27-17-8-13-4-2-3-12(13)7-15(14)17/h5-8,11H,2-4,9-10H2,1H3,(H,22,23,26). The summed E-state index contributed by atoms with van der Waals surface area (Å²) in [7, 11) is 1.72. The molecule has 7 heteroatoms. The number of likely N-dealkylation sites (N-methyl/N-ethyl adjacent to an activating group) is 1. The molecular weight excluding hydrogens is 374 g/mol. The number of benzene rings is 1. The average Bonchev–Trinajstić information content (AvgIpc) is 3.39. The van der Waals surface area contributed by atoms with Crippen molar-refractivity contribution in [3.05, 3.63) is 62.7 Å². The lowest BCUT2D eigenvalue weighted by molar-refractivity contribution is -0.129. The van der Waals surface area contributed by atoms with E-state index >= 15 is 0 Å². The molecular formula is C21H19N3O3S. The Labute approximate surface area is 164 Å². The van der Waals surface area contributed by atoms with Crippen LogP contribution >= 0.6 is 11.3 Å². The number of hydrogen-bond acceptors (Lipinski definition) is 5. The molecule has 5 rings (SSSR count). The third-order valence-electron chi connectivity index (χ3n) is 5.39. The van der Waals surface area contributed by atoms with E-state index in [-0.39, 0.29) is 24.4 Å². The van der Waals surface area contributed by atoms with Crippen LogP contribution in [0.15, 0.2) is 39.1 Å². The summed E-state index contributed by atoms with van der Waals surface area (Å²) in [5.74, 6) is 0.442. The topological polar surface area (TPSA) is 79.2 Å². The van der Waals surface area contributed by atoms with Crippen molar-refractivity contribution in [3.8, 4) is 0 Å². The lowest BCUT2D eigenvalue weighted by Gasteiger charge is -2.16. The average molecular weight is 393 g/mol. The fraction of sp³-hybridized carbons (Fsp3) is 0.286. The van der Waals surface area contributed by atoms with Crippen LogP contribution < -0.4 is 5.56 Å². The van der Waals surface area contributed by atoms with Gasteiger partial charge in [0.1, 0.15) is 16.1 Å². The van der Waals surface area contributed by atoms with E-state index in [4.69, 9.17) is 4.42 Å². The van der Waals surface area contributed by atoms with Crippen LogP contribution in [0.25, 0.3) is 21.2 Å². The predicted octanol–water partition coefficient (Wildman–Crippen LogP) is 3.42. The summed E-state index contributed by atoms with van der Waals surface area (Å²) in [5.41, 5.74) is 4.97. The Bertz CT molecular complexity index is 1270. The number of carbonyl (C=O) groups is 1. The highest BCUT2D eigenvalue weighted by Crippen LogP contribution is 2.30. The van der Waals surface area contributed by atoms with Crippen molar-refractivity contribution in [1.29, 1.82) is 0 Å². The monoisotopic (exact) mass is 393 g/mol. The van der Waals surface area contributed by atoms with Crippen molar-refractivity contribution in [2.75, 3.05) is 7.05 Å². The van der Waals surface area contributed by atoms with E-state index in [0.29, 0.717) is 16.0 Å². The second-order valence-corrected chi connectivity index (χ2v) is 8.22. The number of aromatic amines is 1. The van der Waals surface area contributed by atoms with Gasteiger partial charge in [0.15, 0.2) is 0 Å². The van der Waals surface area contributed by atoms with Crippen LogP contribution in [0.5, 0.6) is 0 Å². The summed E-state index contributed by atoms with van der Waals surface area (Å²) in [6, 6.07) is 6.10. The summed E-state index contributed by atoms with van der Waals surface area (Å²) in [4.78, 5) is 33.7. The van der Waals surface area contributed by atoms with E-state index in [0.717, 1.165) is 29.4 Å². The van der Waals surface area contributed by atoms with Gasteiger partial charge < -0.3 is 14.3 Å². The number of furan rings is 1. The zero-order chi connectivity index (χ0) is 19.3. The maximum absolute atomic E-state index is 12.8. The number of thiophene rings is 1. The van der Waals surface area contributed by atoms with Gasteiger partial charge in [-0.05, 0) is 54.0 Å². The molecule has 0 saturated heterocycles. The minimum absolute atomic E-state index is 0.0451. The first kappa shape index (κ1) is 17.2. The minimum Gasteiger partial charge on any atom is -0.464 e. The molecule has 28 heavy (non-hydrogen) atoms. The number of nitrogens with one attached hydrogen (secondary N) is 1. The fourth-order valence-electron chi connectivity index (χ4n) is 3.89. The van der Waals surface area contributed by atoms with Crippen molar-refractivity contribution in [2.24, 2.45) is 0 Å². The fourth-order valence-corrected chi connectivity index (χ4v) is 4.62. The Morgan fingerprint density at radius 1 is 1.32 bits per heavy atom. The van der Waals surface area contributed by atoms with Crippen molar-refractivity contribution < 1.29 is 9.21 Å². The van der Waals surface area contributed by atoms with Gasteiger partial charge in [-0.1, -0.05) is 0 Å². The number of H-pyrrole nitrogens is 1. The van der Waals surface area contributed by atoms with Gasteiger partial charge in [-0.15, -0.1) is 11.3 Å². The molecule has 3 heterocycles. The largest absolute Gasteiger partial charge is 0.464 e. The second-order valence-electron chi connectivity index (χ2n) is 7.31. The first-order valence-electron chi connectivity index (χ1n) is 9.31. The smallest absolute Gasteiger partial charge is 0.268 e. The van der Waals surface area contributed by atoms with Crippen LogP contribution in [0.1, 0.15) is 28.9 Å². The van der Waals surface area contributed by atoms with Crippen LogP contribution in [0.2, 0.25) is 0 Å². The Kier molecular flexibility index (Phi) is 4.05. The van der Waals surface area contributed by atoms with E-state index in [9.17, 15) is 9.59 Å². The number of aromatic nitrogens is 2. The minimum atomic E-state index is -0.162. The van der Waals surface area contributed by atoms with Gasteiger partial charge in [0.2, 0.25) is 5.91 Å². The first-order valence-corrected chi connectivity index (χ1v) is 10.2. The number of nitrogens with zero attached hydrogens (tertiary/aromatic N) is 2. The van der Waals surface area contributed by atoms with E-state index in [1.807, 2.05) is 11.4 Å². The molecule has 1 N–H and O–H groups in total. The van der Waals surface area contributed by atoms with Crippen LogP contribution in [0.4, 0.5) is 0 Å². The van der Waals surface area contributed by atoms with Crippen LogP contribution in [-0.4, -0.2) is 27.8 Å². The van der Waals surface area contributed by atoms with E-state index in [1.165, 1.54) is 28.9 Å². The highest BCUT2D eigenvalue weighted by atomic mass is 32.1. The first-order chi connectivity index (χ1) is 13.6. The Balaban J connectivity index is 1.36. The van der Waals surface area contributed by atoms with Crippen molar-refractivity contribution in [1.82, 2.24) is 14.9 Å². The number of aryl methyl sites for hydroxylation is 2. The summed E-state index contributed by atoms with van der Waals surface area (Å²) in [5, 5.41) is 2.86. The Morgan fingerprint density at radius 2 is 2.14 bits per heavy atom. The number of fused-ring (bicyclic) bond motifs is 3. The predicted molar refractivity (Wildman–Crippen MR) is 109 cm³/mol.